The Hall–Kier alpha value is -0.343. The number of aliphatic hydroxyl groups excluding tert-OH is 1. The van der Waals surface area contributed by atoms with Gasteiger partial charge < -0.3 is 5.11 Å². The van der Waals surface area contributed by atoms with Gasteiger partial charge >= 0.3 is 0 Å². The second kappa shape index (κ2) is 4.52. The van der Waals surface area contributed by atoms with Crippen molar-refractivity contribution in [1.82, 2.24) is 0 Å². The van der Waals surface area contributed by atoms with Crippen LogP contribution in [0.1, 0.15) is 6.42 Å². The van der Waals surface area contributed by atoms with Crippen LogP contribution in [0.25, 0.3) is 0 Å². The average Bonchev–Trinajstić information content (AvgIpc) is 1.83. The Bertz CT molecular complexity index is 144. The molecule has 2 heteroatoms. The first-order valence-corrected chi connectivity index (χ1v) is 7.52. The van der Waals surface area contributed by atoms with Gasteiger partial charge in [-0.15, -0.1) is 6.58 Å². The van der Waals surface area contributed by atoms with E-state index in [1.165, 1.54) is 0 Å². The minimum absolute atomic E-state index is 0.334. The molecular weight excluding hydrogens is 152 g/mol. The molecule has 0 aromatic heterocycles. The minimum atomic E-state index is -1.12. The molecule has 0 aliphatic heterocycles. The van der Waals surface area contributed by atoms with Crippen molar-refractivity contribution < 1.29 is 5.11 Å². The third kappa shape index (κ3) is 7.55. The van der Waals surface area contributed by atoms with E-state index in [-0.39, 0.29) is 6.10 Å². The highest BCUT2D eigenvalue weighted by Gasteiger charge is 2.07. The standard InChI is InChI=1S/C9H18OSi/c1-5-6-9(10)7-8-11(2,3)4/h5,7-10H,1,6H2,2-4H3/b8-7+. The number of hydrogen-bond donors (Lipinski definition) is 1. The summed E-state index contributed by atoms with van der Waals surface area (Å²) in [6.07, 6.45) is 3.94. The van der Waals surface area contributed by atoms with Gasteiger partial charge in [0.05, 0.1) is 14.2 Å². The van der Waals surface area contributed by atoms with Crippen LogP contribution in [0, 0.1) is 0 Å². The summed E-state index contributed by atoms with van der Waals surface area (Å²) in [6, 6.07) is 0. The molecule has 1 atom stereocenters. The molecule has 0 heterocycles. The molecule has 0 aliphatic carbocycles. The summed E-state index contributed by atoms with van der Waals surface area (Å²) in [6.45, 7) is 10.3. The summed E-state index contributed by atoms with van der Waals surface area (Å²) in [7, 11) is -1.12. The average molecular weight is 170 g/mol. The fourth-order valence-corrected chi connectivity index (χ4v) is 1.45. The maximum atomic E-state index is 9.28. The van der Waals surface area contributed by atoms with Gasteiger partial charge in [-0.25, -0.2) is 0 Å². The fourth-order valence-electron chi connectivity index (χ4n) is 0.649. The molecular formula is C9H18OSi. The quantitative estimate of drug-likeness (QED) is 0.507. The predicted molar refractivity (Wildman–Crippen MR) is 53.3 cm³/mol. The molecule has 11 heavy (non-hydrogen) atoms. The van der Waals surface area contributed by atoms with Crippen molar-refractivity contribution in [2.75, 3.05) is 0 Å². The number of aliphatic hydroxyl groups is 1. The Morgan fingerprint density at radius 3 is 2.36 bits per heavy atom. The summed E-state index contributed by atoms with van der Waals surface area (Å²) in [5.74, 6) is 0. The molecule has 0 amide bonds. The van der Waals surface area contributed by atoms with Crippen molar-refractivity contribution in [3.8, 4) is 0 Å². The molecule has 0 fully saturated rings. The number of rotatable bonds is 4. The van der Waals surface area contributed by atoms with Crippen LogP contribution < -0.4 is 0 Å². The Morgan fingerprint density at radius 1 is 1.45 bits per heavy atom. The van der Waals surface area contributed by atoms with Crippen molar-refractivity contribution in [3.63, 3.8) is 0 Å². The van der Waals surface area contributed by atoms with E-state index in [4.69, 9.17) is 0 Å². The molecule has 0 saturated heterocycles. The van der Waals surface area contributed by atoms with Crippen LogP contribution in [0.4, 0.5) is 0 Å². The lowest BCUT2D eigenvalue weighted by molar-refractivity contribution is 0.227. The van der Waals surface area contributed by atoms with Crippen LogP contribution in [-0.2, 0) is 0 Å². The zero-order valence-corrected chi connectivity index (χ0v) is 8.67. The second-order valence-electron chi connectivity index (χ2n) is 3.82. The topological polar surface area (TPSA) is 20.2 Å². The zero-order valence-electron chi connectivity index (χ0n) is 7.67. The molecule has 0 radical (unpaired) electrons. The van der Waals surface area contributed by atoms with Crippen LogP contribution in [0.15, 0.2) is 24.4 Å². The molecule has 0 saturated carbocycles. The van der Waals surface area contributed by atoms with Gasteiger partial charge in [-0.05, 0) is 6.42 Å². The first kappa shape index (κ1) is 10.7. The molecule has 64 valence electrons. The summed E-state index contributed by atoms with van der Waals surface area (Å²) in [5.41, 5.74) is 2.15. The number of hydrogen-bond acceptors (Lipinski definition) is 1. The van der Waals surface area contributed by atoms with Crippen molar-refractivity contribution in [3.05, 3.63) is 24.4 Å². The van der Waals surface area contributed by atoms with E-state index in [2.05, 4.69) is 31.9 Å². The van der Waals surface area contributed by atoms with Crippen LogP contribution in [0.3, 0.4) is 0 Å². The molecule has 1 nitrogen and oxygen atoms in total. The highest BCUT2D eigenvalue weighted by molar-refractivity contribution is 6.80. The largest absolute Gasteiger partial charge is 0.389 e. The molecule has 1 N–H and O–H groups in total. The summed E-state index contributed by atoms with van der Waals surface area (Å²) in [5, 5.41) is 9.28. The van der Waals surface area contributed by atoms with Crippen molar-refractivity contribution >= 4 is 8.07 Å². The van der Waals surface area contributed by atoms with E-state index >= 15 is 0 Å². The summed E-state index contributed by atoms with van der Waals surface area (Å²) in [4.78, 5) is 0. The van der Waals surface area contributed by atoms with Crippen molar-refractivity contribution in [2.24, 2.45) is 0 Å². The molecule has 1 unspecified atom stereocenters. The van der Waals surface area contributed by atoms with Crippen LogP contribution in [0.5, 0.6) is 0 Å². The van der Waals surface area contributed by atoms with Gasteiger partial charge in [-0.1, -0.05) is 37.5 Å². The van der Waals surface area contributed by atoms with Crippen LogP contribution >= 0.6 is 0 Å². The molecule has 0 spiro atoms. The maximum absolute atomic E-state index is 9.28. The van der Waals surface area contributed by atoms with Gasteiger partial charge in [0.1, 0.15) is 0 Å². The maximum Gasteiger partial charge on any atom is 0.0751 e. The zero-order chi connectivity index (χ0) is 8.91. The lowest BCUT2D eigenvalue weighted by Gasteiger charge is -2.09. The van der Waals surface area contributed by atoms with Crippen molar-refractivity contribution in [1.29, 1.82) is 0 Å². The van der Waals surface area contributed by atoms with E-state index in [9.17, 15) is 5.11 Å². The fraction of sp³-hybridized carbons (Fsp3) is 0.556. The first-order chi connectivity index (χ1) is 4.95. The molecule has 0 aromatic rings. The van der Waals surface area contributed by atoms with Gasteiger partial charge in [-0.3, -0.25) is 0 Å². The summed E-state index contributed by atoms with van der Waals surface area (Å²) < 4.78 is 0. The molecule has 0 bridgehead atoms. The normalized spacial score (nSPS) is 15.3. The lowest BCUT2D eigenvalue weighted by Crippen LogP contribution is -2.17. The van der Waals surface area contributed by atoms with Gasteiger partial charge in [0, 0.05) is 0 Å². The Kier molecular flexibility index (Phi) is 4.38. The highest BCUT2D eigenvalue weighted by Crippen LogP contribution is 2.04. The Balaban J connectivity index is 3.82. The molecule has 0 rings (SSSR count). The summed E-state index contributed by atoms with van der Waals surface area (Å²) >= 11 is 0. The van der Waals surface area contributed by atoms with Crippen LogP contribution in [0.2, 0.25) is 19.6 Å². The Labute approximate surface area is 70.5 Å². The SMILES string of the molecule is C=CCC(O)/C=C/[Si](C)(C)C. The van der Waals surface area contributed by atoms with Crippen molar-refractivity contribution in [2.45, 2.75) is 32.2 Å². The smallest absolute Gasteiger partial charge is 0.0751 e. The Morgan fingerprint density at radius 2 is 2.00 bits per heavy atom. The van der Waals surface area contributed by atoms with E-state index in [1.807, 2.05) is 6.08 Å². The van der Waals surface area contributed by atoms with E-state index in [1.54, 1.807) is 6.08 Å². The predicted octanol–water partition coefficient (Wildman–Crippen LogP) is 2.36. The van der Waals surface area contributed by atoms with Gasteiger partial charge in [0.2, 0.25) is 0 Å². The van der Waals surface area contributed by atoms with Gasteiger partial charge in [-0.2, -0.15) is 0 Å². The monoisotopic (exact) mass is 170 g/mol. The van der Waals surface area contributed by atoms with E-state index in [0.29, 0.717) is 6.42 Å². The molecule has 0 aliphatic rings. The highest BCUT2D eigenvalue weighted by atomic mass is 28.3. The second-order valence-corrected chi connectivity index (χ2v) is 8.88. The van der Waals surface area contributed by atoms with Gasteiger partial charge in [0.25, 0.3) is 0 Å². The minimum Gasteiger partial charge on any atom is -0.389 e. The van der Waals surface area contributed by atoms with E-state index < -0.39 is 8.07 Å². The third-order valence-electron chi connectivity index (χ3n) is 1.23. The van der Waals surface area contributed by atoms with E-state index in [0.717, 1.165) is 0 Å². The van der Waals surface area contributed by atoms with Crippen LogP contribution in [-0.4, -0.2) is 19.3 Å². The third-order valence-corrected chi connectivity index (χ3v) is 2.42. The van der Waals surface area contributed by atoms with Gasteiger partial charge in [0.15, 0.2) is 0 Å². The first-order valence-electron chi connectivity index (χ1n) is 3.94. The molecule has 0 aromatic carbocycles. The lowest BCUT2D eigenvalue weighted by atomic mass is 10.2.